The maximum atomic E-state index is 12.2. The molecule has 8 nitrogen and oxygen atoms in total. The van der Waals surface area contributed by atoms with Crippen molar-refractivity contribution in [3.63, 3.8) is 0 Å². The van der Waals surface area contributed by atoms with Crippen molar-refractivity contribution in [3.05, 3.63) is 60.5 Å². The van der Waals surface area contributed by atoms with Gasteiger partial charge in [0.15, 0.2) is 11.7 Å². The van der Waals surface area contributed by atoms with Gasteiger partial charge in [0, 0.05) is 18.1 Å². The number of oxazole rings is 1. The Hall–Kier alpha value is -3.46. The zero-order valence-corrected chi connectivity index (χ0v) is 15.8. The molecule has 3 rings (SSSR count). The zero-order chi connectivity index (χ0) is 20.3. The topological polar surface area (TPSA) is 116 Å². The third-order valence-corrected chi connectivity index (χ3v) is 5.15. The maximum Gasteiger partial charge on any atom is 0.397 e. The van der Waals surface area contributed by atoms with Gasteiger partial charge in [-0.3, -0.25) is 4.79 Å². The Bertz CT molecular complexity index is 1120. The van der Waals surface area contributed by atoms with Gasteiger partial charge in [0.25, 0.3) is 10.0 Å². The third kappa shape index (κ3) is 3.94. The summed E-state index contributed by atoms with van der Waals surface area (Å²) in [7, 11) is -3.24. The molecule has 3 aromatic rings. The molecular formula is C19H16N2O6S. The van der Waals surface area contributed by atoms with Gasteiger partial charge in [-0.2, -0.15) is 0 Å². The fourth-order valence-corrected chi connectivity index (χ4v) is 3.45. The normalized spacial score (nSPS) is 11.1. The number of hydrogen-bond acceptors (Lipinski definition) is 7. The second-order valence-electron chi connectivity index (χ2n) is 5.73. The number of benzene rings is 2. The Kier molecular flexibility index (Phi) is 5.27. The smallest absolute Gasteiger partial charge is 0.397 e. The molecular weight excluding hydrogens is 384 g/mol. The van der Waals surface area contributed by atoms with Crippen LogP contribution < -0.4 is 4.72 Å². The van der Waals surface area contributed by atoms with Crippen molar-refractivity contribution in [2.45, 2.75) is 11.8 Å². The molecule has 0 aliphatic heterocycles. The monoisotopic (exact) mass is 400 g/mol. The van der Waals surface area contributed by atoms with E-state index in [2.05, 4.69) is 9.72 Å². The number of aryl methyl sites for hydroxylation is 1. The lowest BCUT2D eigenvalue weighted by Gasteiger charge is -2.07. The van der Waals surface area contributed by atoms with Crippen LogP contribution in [0.15, 0.2) is 63.9 Å². The molecule has 0 saturated heterocycles. The van der Waals surface area contributed by atoms with E-state index in [1.807, 2.05) is 30.3 Å². The second-order valence-corrected chi connectivity index (χ2v) is 7.41. The number of aromatic nitrogens is 1. The molecule has 0 aliphatic rings. The number of hydrogen-bond donors (Lipinski definition) is 1. The quantitative estimate of drug-likeness (QED) is 0.528. The highest BCUT2D eigenvalue weighted by atomic mass is 32.2. The van der Waals surface area contributed by atoms with E-state index in [0.29, 0.717) is 22.9 Å². The summed E-state index contributed by atoms with van der Waals surface area (Å²) in [4.78, 5) is 26.8. The first-order valence-corrected chi connectivity index (χ1v) is 9.58. The highest BCUT2D eigenvalue weighted by Crippen LogP contribution is 2.32. The summed E-state index contributed by atoms with van der Waals surface area (Å²) < 4.78 is 36.0. The first-order valence-electron chi connectivity index (χ1n) is 8.10. The van der Waals surface area contributed by atoms with Gasteiger partial charge in [-0.1, -0.05) is 30.3 Å². The van der Waals surface area contributed by atoms with Gasteiger partial charge < -0.3 is 9.15 Å². The van der Waals surface area contributed by atoms with Crippen LogP contribution in [0.1, 0.15) is 5.89 Å². The van der Waals surface area contributed by atoms with Crippen LogP contribution in [0.4, 0.5) is 0 Å². The number of methoxy groups -OCH3 is 1. The highest BCUT2D eigenvalue weighted by Gasteiger charge is 2.23. The fraction of sp³-hybridized carbons (Fsp3) is 0.105. The lowest BCUT2D eigenvalue weighted by atomic mass is 10.1. The Labute approximate surface area is 161 Å². The lowest BCUT2D eigenvalue weighted by molar-refractivity contribution is -0.151. The molecule has 0 aliphatic carbocycles. The first-order chi connectivity index (χ1) is 13.3. The van der Waals surface area contributed by atoms with Crippen LogP contribution >= 0.6 is 0 Å². The second kappa shape index (κ2) is 7.65. The van der Waals surface area contributed by atoms with Crippen molar-refractivity contribution in [1.29, 1.82) is 0 Å². The number of rotatable bonds is 4. The minimum absolute atomic E-state index is 0.189. The summed E-state index contributed by atoms with van der Waals surface area (Å²) in [6.07, 6.45) is 0. The predicted molar refractivity (Wildman–Crippen MR) is 99.5 cm³/mol. The van der Waals surface area contributed by atoms with Crippen molar-refractivity contribution < 1.29 is 27.2 Å². The van der Waals surface area contributed by atoms with Crippen LogP contribution in [0.25, 0.3) is 22.6 Å². The number of nitrogens with zero attached hydrogens (tertiary/aromatic N) is 1. The standard InChI is InChI=1S/C19H16N2O6S/c1-12-20-16(13-6-4-3-5-7-13)17(27-12)14-8-10-15(11-9-14)28(24,25)21-18(22)19(23)26-2/h3-11H,1-2H3,(H,21,22). The number of esters is 1. The van der Waals surface area contributed by atoms with Crippen LogP contribution in [0.5, 0.6) is 0 Å². The number of sulfonamides is 1. The Balaban J connectivity index is 1.92. The Morgan fingerprint density at radius 3 is 2.25 bits per heavy atom. The van der Waals surface area contributed by atoms with Crippen LogP contribution in [-0.4, -0.2) is 32.4 Å². The number of amides is 1. The molecule has 9 heteroatoms. The van der Waals surface area contributed by atoms with E-state index in [0.717, 1.165) is 12.7 Å². The summed E-state index contributed by atoms with van der Waals surface area (Å²) >= 11 is 0. The van der Waals surface area contributed by atoms with E-state index >= 15 is 0 Å². The van der Waals surface area contributed by atoms with E-state index < -0.39 is 21.9 Å². The van der Waals surface area contributed by atoms with E-state index in [-0.39, 0.29) is 4.90 Å². The van der Waals surface area contributed by atoms with Gasteiger partial charge in [-0.05, 0) is 24.3 Å². The van der Waals surface area contributed by atoms with Crippen molar-refractivity contribution >= 4 is 21.9 Å². The van der Waals surface area contributed by atoms with Crippen molar-refractivity contribution in [2.24, 2.45) is 0 Å². The Morgan fingerprint density at radius 1 is 1.00 bits per heavy atom. The lowest BCUT2D eigenvalue weighted by Crippen LogP contribution is -2.36. The zero-order valence-electron chi connectivity index (χ0n) is 15.0. The van der Waals surface area contributed by atoms with Crippen LogP contribution in [-0.2, 0) is 24.3 Å². The van der Waals surface area contributed by atoms with Gasteiger partial charge in [-0.25, -0.2) is 22.9 Å². The van der Waals surface area contributed by atoms with Crippen LogP contribution in [0.2, 0.25) is 0 Å². The van der Waals surface area contributed by atoms with Gasteiger partial charge in [0.1, 0.15) is 5.69 Å². The van der Waals surface area contributed by atoms with E-state index in [1.54, 1.807) is 11.6 Å². The number of nitrogens with one attached hydrogen (secondary N) is 1. The third-order valence-electron chi connectivity index (χ3n) is 3.81. The number of ether oxygens (including phenoxy) is 1. The minimum atomic E-state index is -4.22. The molecule has 0 spiro atoms. The average molecular weight is 400 g/mol. The average Bonchev–Trinajstić information content (AvgIpc) is 3.09. The molecule has 0 atom stereocenters. The molecule has 2 aromatic carbocycles. The summed E-state index contributed by atoms with van der Waals surface area (Å²) in [5, 5.41) is 0. The van der Waals surface area contributed by atoms with E-state index in [1.165, 1.54) is 24.3 Å². The van der Waals surface area contributed by atoms with Gasteiger partial charge >= 0.3 is 11.9 Å². The molecule has 1 aromatic heterocycles. The van der Waals surface area contributed by atoms with Crippen molar-refractivity contribution in [2.75, 3.05) is 7.11 Å². The van der Waals surface area contributed by atoms with Crippen LogP contribution in [0.3, 0.4) is 0 Å². The van der Waals surface area contributed by atoms with Crippen molar-refractivity contribution in [3.8, 4) is 22.6 Å². The van der Waals surface area contributed by atoms with Crippen molar-refractivity contribution in [1.82, 2.24) is 9.71 Å². The summed E-state index contributed by atoms with van der Waals surface area (Å²) in [5.74, 6) is -1.71. The predicted octanol–water partition coefficient (Wildman–Crippen LogP) is 2.29. The number of carbonyl (C=O) groups is 2. The molecule has 28 heavy (non-hydrogen) atoms. The largest absolute Gasteiger partial charge is 0.462 e. The Morgan fingerprint density at radius 2 is 1.64 bits per heavy atom. The van der Waals surface area contributed by atoms with Crippen LogP contribution in [0, 0.1) is 6.92 Å². The minimum Gasteiger partial charge on any atom is -0.462 e. The van der Waals surface area contributed by atoms with E-state index in [4.69, 9.17) is 4.42 Å². The fourth-order valence-electron chi connectivity index (χ4n) is 2.52. The highest BCUT2D eigenvalue weighted by molar-refractivity contribution is 7.90. The van der Waals surface area contributed by atoms with Gasteiger partial charge in [0.05, 0.1) is 12.0 Å². The summed E-state index contributed by atoms with van der Waals surface area (Å²) in [5.41, 5.74) is 2.10. The first kappa shape index (κ1) is 19.3. The SMILES string of the molecule is COC(=O)C(=O)NS(=O)(=O)c1ccc(-c2oc(C)nc2-c2ccccc2)cc1. The van der Waals surface area contributed by atoms with E-state index in [9.17, 15) is 18.0 Å². The molecule has 1 N–H and O–H groups in total. The van der Waals surface area contributed by atoms with Gasteiger partial charge in [0.2, 0.25) is 0 Å². The summed E-state index contributed by atoms with van der Waals surface area (Å²) in [6.45, 7) is 1.72. The maximum absolute atomic E-state index is 12.2. The number of carbonyl (C=O) groups excluding carboxylic acids is 2. The molecule has 0 bridgehead atoms. The summed E-state index contributed by atoms with van der Waals surface area (Å²) in [6, 6.07) is 15.1. The molecule has 1 amide bonds. The molecule has 1 heterocycles. The molecule has 0 radical (unpaired) electrons. The molecule has 144 valence electrons. The molecule has 0 saturated carbocycles. The molecule has 0 unspecified atom stereocenters. The molecule has 0 fully saturated rings. The van der Waals surface area contributed by atoms with Gasteiger partial charge in [-0.15, -0.1) is 0 Å².